The summed E-state index contributed by atoms with van der Waals surface area (Å²) in [6, 6.07) is 0. The zero-order chi connectivity index (χ0) is 11.6. The Labute approximate surface area is 93.3 Å². The topological polar surface area (TPSA) is 29.5 Å². The number of rotatable bonds is 2. The molecule has 0 fully saturated rings. The fourth-order valence-corrected chi connectivity index (χ4v) is 2.20. The van der Waals surface area contributed by atoms with Gasteiger partial charge in [-0.2, -0.15) is 0 Å². The minimum Gasteiger partial charge on any atom is -0.392 e. The lowest BCUT2D eigenvalue weighted by atomic mass is 9.80. The van der Waals surface area contributed by atoms with Crippen LogP contribution in [0.5, 0.6) is 0 Å². The Hall–Kier alpha value is -0.340. The van der Waals surface area contributed by atoms with Gasteiger partial charge in [0, 0.05) is 0 Å². The fourth-order valence-electron chi connectivity index (χ4n) is 2.20. The average molecular weight is 212 g/mol. The average Bonchev–Trinajstić information content (AvgIpc) is 2.15. The summed E-state index contributed by atoms with van der Waals surface area (Å²) in [7, 11) is 0. The second-order valence-electron chi connectivity index (χ2n) is 5.58. The number of aliphatic hydroxyl groups is 1. The second-order valence-corrected chi connectivity index (χ2v) is 5.58. The van der Waals surface area contributed by atoms with Crippen LogP contribution in [-0.4, -0.2) is 23.9 Å². The van der Waals surface area contributed by atoms with E-state index in [1.165, 1.54) is 5.57 Å². The molecule has 0 aliphatic carbocycles. The van der Waals surface area contributed by atoms with E-state index in [1.54, 1.807) is 0 Å². The van der Waals surface area contributed by atoms with Crippen LogP contribution in [-0.2, 0) is 4.74 Å². The zero-order valence-corrected chi connectivity index (χ0v) is 10.6. The Morgan fingerprint density at radius 1 is 1.40 bits per heavy atom. The SMILES string of the molecule is CCC1CC(C)=C(CO)C(C(C)(C)C)O1. The van der Waals surface area contributed by atoms with Gasteiger partial charge in [-0.1, -0.05) is 33.3 Å². The van der Waals surface area contributed by atoms with Gasteiger partial charge in [-0.3, -0.25) is 0 Å². The molecule has 0 aromatic rings. The van der Waals surface area contributed by atoms with Crippen molar-refractivity contribution in [3.63, 3.8) is 0 Å². The molecule has 0 bridgehead atoms. The quantitative estimate of drug-likeness (QED) is 0.713. The zero-order valence-electron chi connectivity index (χ0n) is 10.6. The number of hydrogen-bond donors (Lipinski definition) is 1. The van der Waals surface area contributed by atoms with E-state index >= 15 is 0 Å². The number of ether oxygens (including phenoxy) is 1. The Morgan fingerprint density at radius 3 is 2.40 bits per heavy atom. The van der Waals surface area contributed by atoms with Crippen molar-refractivity contribution < 1.29 is 9.84 Å². The maximum absolute atomic E-state index is 9.42. The molecule has 1 heterocycles. The van der Waals surface area contributed by atoms with Crippen LogP contribution in [0.25, 0.3) is 0 Å². The molecule has 2 heteroatoms. The normalized spacial score (nSPS) is 28.4. The van der Waals surface area contributed by atoms with Gasteiger partial charge in [-0.05, 0) is 30.8 Å². The Balaban J connectivity index is 2.97. The first-order chi connectivity index (χ1) is 6.90. The van der Waals surface area contributed by atoms with E-state index in [2.05, 4.69) is 34.6 Å². The van der Waals surface area contributed by atoms with E-state index in [-0.39, 0.29) is 18.1 Å². The molecule has 88 valence electrons. The van der Waals surface area contributed by atoms with E-state index in [1.807, 2.05) is 0 Å². The highest BCUT2D eigenvalue weighted by Gasteiger charge is 2.35. The summed E-state index contributed by atoms with van der Waals surface area (Å²) in [6.07, 6.45) is 2.41. The van der Waals surface area contributed by atoms with Crippen LogP contribution < -0.4 is 0 Å². The maximum atomic E-state index is 9.42. The minimum atomic E-state index is 0.0627. The van der Waals surface area contributed by atoms with Gasteiger partial charge in [0.05, 0.1) is 18.8 Å². The first-order valence-corrected chi connectivity index (χ1v) is 5.85. The van der Waals surface area contributed by atoms with Gasteiger partial charge in [0.25, 0.3) is 0 Å². The summed E-state index contributed by atoms with van der Waals surface area (Å²) in [5, 5.41) is 9.42. The molecule has 1 N–H and O–H groups in total. The second kappa shape index (κ2) is 4.67. The van der Waals surface area contributed by atoms with E-state index in [0.29, 0.717) is 6.10 Å². The van der Waals surface area contributed by atoms with E-state index in [0.717, 1.165) is 18.4 Å². The summed E-state index contributed by atoms with van der Waals surface area (Å²) < 4.78 is 6.06. The highest BCUT2D eigenvalue weighted by atomic mass is 16.5. The van der Waals surface area contributed by atoms with Crippen molar-refractivity contribution in [1.82, 2.24) is 0 Å². The van der Waals surface area contributed by atoms with Crippen molar-refractivity contribution in [2.75, 3.05) is 6.61 Å². The maximum Gasteiger partial charge on any atom is 0.0861 e. The predicted molar refractivity (Wildman–Crippen MR) is 62.8 cm³/mol. The summed E-state index contributed by atoms with van der Waals surface area (Å²) in [5.41, 5.74) is 2.47. The minimum absolute atomic E-state index is 0.0627. The molecule has 2 atom stereocenters. The van der Waals surface area contributed by atoms with Gasteiger partial charge >= 0.3 is 0 Å². The predicted octanol–water partition coefficient (Wildman–Crippen LogP) is 2.91. The molecule has 0 radical (unpaired) electrons. The molecule has 0 saturated heterocycles. The van der Waals surface area contributed by atoms with Crippen molar-refractivity contribution in [3.05, 3.63) is 11.1 Å². The summed E-state index contributed by atoms with van der Waals surface area (Å²) in [6.45, 7) is 10.9. The molecule has 0 amide bonds. The third-order valence-electron chi connectivity index (χ3n) is 3.14. The van der Waals surface area contributed by atoms with Crippen molar-refractivity contribution in [1.29, 1.82) is 0 Å². The third kappa shape index (κ3) is 2.82. The van der Waals surface area contributed by atoms with Crippen molar-refractivity contribution in [2.45, 2.75) is 59.7 Å². The third-order valence-corrected chi connectivity index (χ3v) is 3.14. The van der Waals surface area contributed by atoms with Gasteiger partial charge in [0.2, 0.25) is 0 Å². The van der Waals surface area contributed by atoms with Crippen LogP contribution in [0.3, 0.4) is 0 Å². The Bertz CT molecular complexity index is 248. The van der Waals surface area contributed by atoms with E-state index < -0.39 is 0 Å². The number of aliphatic hydroxyl groups excluding tert-OH is 1. The summed E-state index contributed by atoms with van der Waals surface area (Å²) in [5.74, 6) is 0. The van der Waals surface area contributed by atoms with Crippen LogP contribution in [0.15, 0.2) is 11.1 Å². The summed E-state index contributed by atoms with van der Waals surface area (Å²) >= 11 is 0. The lowest BCUT2D eigenvalue weighted by Gasteiger charge is -2.40. The smallest absolute Gasteiger partial charge is 0.0861 e. The molecule has 0 saturated carbocycles. The standard InChI is InChI=1S/C13H24O2/c1-6-10-7-9(2)11(8-14)12(15-10)13(3,4)5/h10,12,14H,6-8H2,1-5H3. The van der Waals surface area contributed by atoms with Gasteiger partial charge in [-0.25, -0.2) is 0 Å². The molecule has 0 spiro atoms. The molecule has 0 aromatic heterocycles. The first kappa shape index (κ1) is 12.7. The highest BCUT2D eigenvalue weighted by Crippen LogP contribution is 2.36. The molecule has 1 rings (SSSR count). The van der Waals surface area contributed by atoms with E-state index in [9.17, 15) is 5.11 Å². The lowest BCUT2D eigenvalue weighted by Crippen LogP contribution is -2.39. The monoisotopic (exact) mass is 212 g/mol. The van der Waals surface area contributed by atoms with Crippen molar-refractivity contribution in [2.24, 2.45) is 5.41 Å². The highest BCUT2D eigenvalue weighted by molar-refractivity contribution is 5.22. The Kier molecular flexibility index (Phi) is 3.96. The van der Waals surface area contributed by atoms with Gasteiger partial charge < -0.3 is 9.84 Å². The molecular formula is C13H24O2. The number of hydrogen-bond acceptors (Lipinski definition) is 2. The van der Waals surface area contributed by atoms with Gasteiger partial charge in [0.15, 0.2) is 0 Å². The molecule has 15 heavy (non-hydrogen) atoms. The summed E-state index contributed by atoms with van der Waals surface area (Å²) in [4.78, 5) is 0. The van der Waals surface area contributed by atoms with Crippen molar-refractivity contribution >= 4 is 0 Å². The van der Waals surface area contributed by atoms with Crippen LogP contribution in [0.2, 0.25) is 0 Å². The molecule has 2 nitrogen and oxygen atoms in total. The van der Waals surface area contributed by atoms with Gasteiger partial charge in [-0.15, -0.1) is 0 Å². The van der Waals surface area contributed by atoms with Crippen LogP contribution in [0.1, 0.15) is 47.5 Å². The molecular weight excluding hydrogens is 188 g/mol. The van der Waals surface area contributed by atoms with Crippen LogP contribution in [0.4, 0.5) is 0 Å². The Morgan fingerprint density at radius 2 is 2.00 bits per heavy atom. The molecule has 0 aromatic carbocycles. The first-order valence-electron chi connectivity index (χ1n) is 5.85. The van der Waals surface area contributed by atoms with Crippen molar-refractivity contribution in [3.8, 4) is 0 Å². The van der Waals surface area contributed by atoms with Crippen LogP contribution >= 0.6 is 0 Å². The molecule has 1 aliphatic rings. The van der Waals surface area contributed by atoms with Gasteiger partial charge in [0.1, 0.15) is 0 Å². The van der Waals surface area contributed by atoms with E-state index in [4.69, 9.17) is 4.74 Å². The largest absolute Gasteiger partial charge is 0.392 e. The fraction of sp³-hybridized carbons (Fsp3) is 0.846. The molecule has 1 aliphatic heterocycles. The molecule has 2 unspecified atom stereocenters. The van der Waals surface area contributed by atoms with Crippen LogP contribution in [0, 0.1) is 5.41 Å². The lowest BCUT2D eigenvalue weighted by molar-refractivity contribution is -0.0612.